The van der Waals surface area contributed by atoms with Crippen molar-refractivity contribution in [1.82, 2.24) is 10.6 Å². The second-order valence-electron chi connectivity index (χ2n) is 9.82. The number of nitrogens with one attached hydrogen (secondary N) is 2. The van der Waals surface area contributed by atoms with Gasteiger partial charge >= 0.3 is 11.9 Å². The highest BCUT2D eigenvalue weighted by Gasteiger charge is 2.30. The summed E-state index contributed by atoms with van der Waals surface area (Å²) in [4.78, 5) is 60.5. The third kappa shape index (κ3) is 11.3. The molecule has 0 unspecified atom stereocenters. The zero-order chi connectivity index (χ0) is 29.5. The van der Waals surface area contributed by atoms with Crippen LogP contribution in [0.15, 0.2) is 103 Å². The molecule has 1 aliphatic carbocycles. The molecule has 40 heavy (non-hydrogen) atoms. The van der Waals surface area contributed by atoms with Crippen LogP contribution in [-0.4, -0.2) is 40.7 Å². The van der Waals surface area contributed by atoms with Crippen LogP contribution in [0.5, 0.6) is 0 Å². The Morgan fingerprint density at radius 1 is 0.875 bits per heavy atom. The van der Waals surface area contributed by atoms with Crippen molar-refractivity contribution in [2.75, 3.05) is 0 Å². The van der Waals surface area contributed by atoms with E-state index in [2.05, 4.69) is 10.6 Å². The third-order valence-electron chi connectivity index (χ3n) is 5.37. The first-order chi connectivity index (χ1) is 19.0. The molecule has 0 saturated heterocycles. The van der Waals surface area contributed by atoms with Crippen molar-refractivity contribution >= 4 is 29.5 Å². The Morgan fingerprint density at radius 2 is 1.43 bits per heavy atom. The maximum atomic E-state index is 12.6. The van der Waals surface area contributed by atoms with Crippen molar-refractivity contribution < 1.29 is 33.8 Å². The summed E-state index contributed by atoms with van der Waals surface area (Å²) in [6.07, 6.45) is 16.0. The minimum atomic E-state index is -1.05. The highest BCUT2D eigenvalue weighted by molar-refractivity contribution is 6.03. The molecule has 0 heterocycles. The molecule has 0 spiro atoms. The summed E-state index contributed by atoms with van der Waals surface area (Å²) >= 11 is 0. The zero-order valence-electron chi connectivity index (χ0n) is 22.8. The van der Waals surface area contributed by atoms with Crippen LogP contribution in [0.2, 0.25) is 0 Å². The molecule has 0 fully saturated rings. The molecule has 0 radical (unpaired) electrons. The number of esters is 2. The van der Waals surface area contributed by atoms with E-state index >= 15 is 0 Å². The smallest absolute Gasteiger partial charge is 0.336 e. The molecular weight excluding hydrogens is 512 g/mol. The lowest BCUT2D eigenvalue weighted by Crippen LogP contribution is -2.44. The molecule has 1 atom stereocenters. The van der Waals surface area contributed by atoms with Crippen molar-refractivity contribution in [1.29, 1.82) is 0 Å². The van der Waals surface area contributed by atoms with Crippen LogP contribution in [0.4, 0.5) is 0 Å². The number of ether oxygens (including phenoxy) is 1. The lowest BCUT2D eigenvalue weighted by molar-refractivity contribution is -0.167. The van der Waals surface area contributed by atoms with E-state index in [0.717, 1.165) is 5.56 Å². The fraction of sp³-hybridized carbons (Fsp3) is 0.258. The Hall–Kier alpha value is -4.79. The van der Waals surface area contributed by atoms with Crippen molar-refractivity contribution in [3.05, 3.63) is 108 Å². The summed E-state index contributed by atoms with van der Waals surface area (Å²) in [5.74, 6) is -2.95. The Balaban J connectivity index is 1.84. The molecule has 1 aromatic rings. The van der Waals surface area contributed by atoms with E-state index in [1.165, 1.54) is 24.3 Å². The average molecular weight is 547 g/mol. The van der Waals surface area contributed by atoms with Gasteiger partial charge in [-0.15, -0.1) is 0 Å². The molecule has 0 aromatic heterocycles. The number of Topliss-reactive ketones (excluding diaryl/α,β-unsaturated/α-hetero) is 1. The predicted molar refractivity (Wildman–Crippen MR) is 150 cm³/mol. The van der Waals surface area contributed by atoms with Gasteiger partial charge in [0, 0.05) is 31.4 Å². The number of carbonyl (C=O) groups is 5. The number of aliphatic hydroxyl groups excluding tert-OH is 1. The van der Waals surface area contributed by atoms with E-state index in [4.69, 9.17) is 4.74 Å². The second kappa shape index (κ2) is 15.6. The van der Waals surface area contributed by atoms with E-state index in [9.17, 15) is 29.1 Å². The minimum absolute atomic E-state index is 0.0484. The number of rotatable bonds is 11. The summed E-state index contributed by atoms with van der Waals surface area (Å²) in [6.45, 7) is 4.90. The van der Waals surface area contributed by atoms with Gasteiger partial charge in [-0.25, -0.2) is 4.79 Å². The summed E-state index contributed by atoms with van der Waals surface area (Å²) in [5, 5.41) is 14.5. The fourth-order valence-electron chi connectivity index (χ4n) is 3.20. The van der Waals surface area contributed by atoms with Crippen LogP contribution < -0.4 is 10.6 Å². The molecule has 2 rings (SSSR count). The van der Waals surface area contributed by atoms with Crippen molar-refractivity contribution in [3.63, 3.8) is 0 Å². The van der Waals surface area contributed by atoms with E-state index in [1.54, 1.807) is 57.2 Å². The first kappa shape index (κ1) is 31.4. The van der Waals surface area contributed by atoms with E-state index in [1.807, 2.05) is 30.3 Å². The zero-order valence-corrected chi connectivity index (χ0v) is 22.8. The van der Waals surface area contributed by atoms with Crippen molar-refractivity contribution in [2.45, 2.75) is 46.1 Å². The van der Waals surface area contributed by atoms with Crippen LogP contribution in [0.3, 0.4) is 0 Å². The largest absolute Gasteiger partial charge is 0.510 e. The van der Waals surface area contributed by atoms with Gasteiger partial charge in [0.2, 0.25) is 11.8 Å². The van der Waals surface area contributed by atoms with Gasteiger partial charge in [0.1, 0.15) is 17.5 Å². The Morgan fingerprint density at radius 3 is 1.95 bits per heavy atom. The van der Waals surface area contributed by atoms with E-state index in [-0.39, 0.29) is 36.5 Å². The van der Waals surface area contributed by atoms with Crippen LogP contribution in [-0.2, 0) is 35.1 Å². The Kier molecular flexibility index (Phi) is 12.2. The van der Waals surface area contributed by atoms with Crippen LogP contribution in [0.25, 0.3) is 0 Å². The lowest BCUT2D eigenvalue weighted by Gasteiger charge is -2.20. The average Bonchev–Trinajstić information content (AvgIpc) is 3.21. The number of benzene rings is 1. The second-order valence-corrected chi connectivity index (χ2v) is 9.82. The minimum Gasteiger partial charge on any atom is -0.510 e. The molecule has 0 aliphatic heterocycles. The molecule has 9 nitrogen and oxygen atoms in total. The molecule has 210 valence electrons. The molecule has 3 N–H and O–H groups in total. The summed E-state index contributed by atoms with van der Waals surface area (Å²) in [6, 6.07) is 8.03. The standard InChI is InChI=1S/C31H34N2O7/c1-31(2,3)30(39)40-29(38)23(21-22-15-11-10-12-16-22)32-26(36)17-13-8-6-4-5-7-9-14-18-27(37)33-28-24(34)19-20-25(28)35/h4-18,23,34H,19-21H2,1-3H3,(H,32,36)(H,33,37)/b5-4+,8-6+,9-7+,17-13+,18-14+/t23-/m0/s1. The van der Waals surface area contributed by atoms with Crippen LogP contribution in [0.1, 0.15) is 39.2 Å². The fourth-order valence-corrected chi connectivity index (χ4v) is 3.20. The highest BCUT2D eigenvalue weighted by atomic mass is 16.6. The first-order valence-corrected chi connectivity index (χ1v) is 12.7. The number of hydrogen-bond donors (Lipinski definition) is 3. The summed E-state index contributed by atoms with van der Waals surface area (Å²) < 4.78 is 5.00. The van der Waals surface area contributed by atoms with Gasteiger partial charge in [0.15, 0.2) is 5.78 Å². The number of carbonyl (C=O) groups excluding carboxylic acids is 5. The van der Waals surface area contributed by atoms with Crippen molar-refractivity contribution in [3.8, 4) is 0 Å². The lowest BCUT2D eigenvalue weighted by atomic mass is 9.97. The molecule has 1 aliphatic rings. The maximum Gasteiger partial charge on any atom is 0.336 e. The topological polar surface area (TPSA) is 139 Å². The molecular formula is C31H34N2O7. The maximum absolute atomic E-state index is 12.6. The quantitative estimate of drug-likeness (QED) is 0.166. The number of amides is 2. The number of hydrogen-bond acceptors (Lipinski definition) is 7. The molecule has 9 heteroatoms. The van der Waals surface area contributed by atoms with Crippen LogP contribution >= 0.6 is 0 Å². The van der Waals surface area contributed by atoms with E-state index < -0.39 is 35.2 Å². The summed E-state index contributed by atoms with van der Waals surface area (Å²) in [5.41, 5.74) is -0.117. The van der Waals surface area contributed by atoms with Gasteiger partial charge in [0.25, 0.3) is 0 Å². The molecule has 2 amide bonds. The Labute approximate surface area is 233 Å². The molecule has 0 saturated carbocycles. The predicted octanol–water partition coefficient (Wildman–Crippen LogP) is 3.86. The SMILES string of the molecule is CC(C)(C)C(=O)OC(=O)[C@H](Cc1ccccc1)NC(=O)/C=C/C=C/C=C/C=C/C=C/C(=O)NC1=C(O)CCC1=O. The van der Waals surface area contributed by atoms with Gasteiger partial charge in [-0.1, -0.05) is 78.9 Å². The molecule has 0 bridgehead atoms. The normalized spacial score (nSPS) is 15.1. The first-order valence-electron chi connectivity index (χ1n) is 12.7. The van der Waals surface area contributed by atoms with Gasteiger partial charge in [-0.3, -0.25) is 19.2 Å². The van der Waals surface area contributed by atoms with E-state index in [0.29, 0.717) is 0 Å². The van der Waals surface area contributed by atoms with Gasteiger partial charge < -0.3 is 20.5 Å². The molecule has 1 aromatic carbocycles. The number of ketones is 1. The number of allylic oxidation sites excluding steroid dienone is 10. The van der Waals surface area contributed by atoms with Gasteiger partial charge in [0.05, 0.1) is 5.41 Å². The van der Waals surface area contributed by atoms with Gasteiger partial charge in [-0.2, -0.15) is 0 Å². The highest BCUT2D eigenvalue weighted by Crippen LogP contribution is 2.18. The monoisotopic (exact) mass is 546 g/mol. The Bertz CT molecular complexity index is 1280. The third-order valence-corrected chi connectivity index (χ3v) is 5.37. The van der Waals surface area contributed by atoms with Crippen LogP contribution in [0, 0.1) is 5.41 Å². The van der Waals surface area contributed by atoms with Crippen molar-refractivity contribution in [2.24, 2.45) is 5.41 Å². The number of aliphatic hydroxyl groups is 1. The summed E-state index contributed by atoms with van der Waals surface area (Å²) in [7, 11) is 0. The van der Waals surface area contributed by atoms with Gasteiger partial charge in [-0.05, 0) is 26.3 Å².